The third-order valence-electron chi connectivity index (χ3n) is 4.19. The molecule has 0 aromatic heterocycles. The predicted octanol–water partition coefficient (Wildman–Crippen LogP) is 1.32. The Morgan fingerprint density at radius 2 is 2.00 bits per heavy atom. The van der Waals surface area contributed by atoms with Gasteiger partial charge in [0.25, 0.3) is 0 Å². The van der Waals surface area contributed by atoms with Gasteiger partial charge < -0.3 is 14.9 Å². The van der Waals surface area contributed by atoms with Crippen molar-refractivity contribution >= 4 is 12.0 Å². The molecule has 1 rings (SSSR count). The molecule has 116 valence electrons. The lowest BCUT2D eigenvalue weighted by atomic mass is 10.1. The van der Waals surface area contributed by atoms with E-state index >= 15 is 0 Å². The molecular formula is C14H27N3O3. The van der Waals surface area contributed by atoms with Crippen LogP contribution in [0.2, 0.25) is 0 Å². The van der Waals surface area contributed by atoms with Gasteiger partial charge in [-0.05, 0) is 26.8 Å². The number of likely N-dealkylation sites (N-methyl/N-ethyl adjacent to an activating group) is 1. The van der Waals surface area contributed by atoms with E-state index in [-0.39, 0.29) is 18.6 Å². The van der Waals surface area contributed by atoms with Crippen molar-refractivity contribution in [1.29, 1.82) is 0 Å². The average molecular weight is 285 g/mol. The minimum atomic E-state index is -0.959. The second-order valence-corrected chi connectivity index (χ2v) is 5.55. The van der Waals surface area contributed by atoms with Crippen molar-refractivity contribution in [2.75, 3.05) is 33.2 Å². The molecule has 0 aromatic carbocycles. The first kappa shape index (κ1) is 16.8. The third-order valence-corrected chi connectivity index (χ3v) is 4.19. The second kappa shape index (κ2) is 7.47. The van der Waals surface area contributed by atoms with Crippen LogP contribution in [-0.2, 0) is 4.79 Å². The van der Waals surface area contributed by atoms with Crippen molar-refractivity contribution in [1.82, 2.24) is 14.7 Å². The fraction of sp³-hybridized carbons (Fsp3) is 0.857. The quantitative estimate of drug-likeness (QED) is 0.827. The Balaban J connectivity index is 2.76. The van der Waals surface area contributed by atoms with Gasteiger partial charge in [0, 0.05) is 31.7 Å². The molecule has 0 aliphatic carbocycles. The highest BCUT2D eigenvalue weighted by molar-refractivity contribution is 5.80. The number of hydrogen-bond donors (Lipinski definition) is 1. The fourth-order valence-electron chi connectivity index (χ4n) is 2.52. The Morgan fingerprint density at radius 1 is 1.35 bits per heavy atom. The Morgan fingerprint density at radius 3 is 2.50 bits per heavy atom. The summed E-state index contributed by atoms with van der Waals surface area (Å²) in [4.78, 5) is 29.1. The van der Waals surface area contributed by atoms with Gasteiger partial charge in [0.1, 0.15) is 6.54 Å². The number of piperazine rings is 1. The average Bonchev–Trinajstić information content (AvgIpc) is 2.43. The van der Waals surface area contributed by atoms with Crippen molar-refractivity contribution in [3.63, 3.8) is 0 Å². The molecule has 1 heterocycles. The highest BCUT2D eigenvalue weighted by Gasteiger charge is 2.31. The van der Waals surface area contributed by atoms with Crippen LogP contribution in [0, 0.1) is 0 Å². The minimum Gasteiger partial charge on any atom is -0.480 e. The number of urea groups is 1. The van der Waals surface area contributed by atoms with Crippen molar-refractivity contribution in [3.05, 3.63) is 0 Å². The highest BCUT2D eigenvalue weighted by atomic mass is 16.4. The number of amides is 2. The maximum atomic E-state index is 12.6. The van der Waals surface area contributed by atoms with Crippen LogP contribution >= 0.6 is 0 Å². The Bertz CT molecular complexity index is 349. The third kappa shape index (κ3) is 4.10. The first-order valence-corrected chi connectivity index (χ1v) is 7.38. The molecule has 2 unspecified atom stereocenters. The summed E-state index contributed by atoms with van der Waals surface area (Å²) in [5, 5.41) is 9.00. The van der Waals surface area contributed by atoms with Gasteiger partial charge in [-0.3, -0.25) is 9.69 Å². The van der Waals surface area contributed by atoms with E-state index in [2.05, 4.69) is 18.9 Å². The van der Waals surface area contributed by atoms with E-state index < -0.39 is 5.97 Å². The van der Waals surface area contributed by atoms with Gasteiger partial charge in [-0.2, -0.15) is 0 Å². The zero-order valence-electron chi connectivity index (χ0n) is 13.0. The Labute approximate surface area is 121 Å². The molecule has 0 saturated carbocycles. The van der Waals surface area contributed by atoms with Gasteiger partial charge >= 0.3 is 12.0 Å². The van der Waals surface area contributed by atoms with Crippen LogP contribution in [0.3, 0.4) is 0 Å². The summed E-state index contributed by atoms with van der Waals surface area (Å²) in [5.41, 5.74) is 0. The number of rotatable bonds is 5. The molecule has 1 aliphatic heterocycles. The molecule has 20 heavy (non-hydrogen) atoms. The molecule has 2 atom stereocenters. The minimum absolute atomic E-state index is 0.0571. The monoisotopic (exact) mass is 285 g/mol. The van der Waals surface area contributed by atoms with Gasteiger partial charge in [0.05, 0.1) is 0 Å². The van der Waals surface area contributed by atoms with Crippen LogP contribution in [0.4, 0.5) is 4.79 Å². The Hall–Kier alpha value is -1.30. The van der Waals surface area contributed by atoms with Crippen molar-refractivity contribution in [3.8, 4) is 0 Å². The standard InChI is InChI=1S/C14H27N3O3/c1-5-11(3)17(10-13(18)19)14(20)16-8-7-15(4)12(6-2)9-16/h11-12H,5-10H2,1-4H3,(H,18,19). The molecule has 0 radical (unpaired) electrons. The molecule has 1 saturated heterocycles. The zero-order chi connectivity index (χ0) is 15.3. The van der Waals surface area contributed by atoms with Crippen LogP contribution in [0.1, 0.15) is 33.6 Å². The molecule has 0 aromatic rings. The van der Waals surface area contributed by atoms with Crippen molar-refractivity contribution in [2.45, 2.75) is 45.7 Å². The number of carboxylic acid groups (broad SMARTS) is 1. The Kier molecular flexibility index (Phi) is 6.26. The highest BCUT2D eigenvalue weighted by Crippen LogP contribution is 2.15. The molecule has 0 bridgehead atoms. The predicted molar refractivity (Wildman–Crippen MR) is 77.8 cm³/mol. The number of nitrogens with zero attached hydrogens (tertiary/aromatic N) is 3. The molecular weight excluding hydrogens is 258 g/mol. The summed E-state index contributed by atoms with van der Waals surface area (Å²) in [5.74, 6) is -0.959. The lowest BCUT2D eigenvalue weighted by molar-refractivity contribution is -0.138. The van der Waals surface area contributed by atoms with Crippen LogP contribution in [0.15, 0.2) is 0 Å². The maximum absolute atomic E-state index is 12.6. The van der Waals surface area contributed by atoms with Gasteiger partial charge in [0.2, 0.25) is 0 Å². The van der Waals surface area contributed by atoms with Gasteiger partial charge in [-0.1, -0.05) is 13.8 Å². The van der Waals surface area contributed by atoms with Crippen LogP contribution < -0.4 is 0 Å². The largest absolute Gasteiger partial charge is 0.480 e. The van der Waals surface area contributed by atoms with Crippen molar-refractivity contribution < 1.29 is 14.7 Å². The normalized spacial score (nSPS) is 21.6. The first-order valence-electron chi connectivity index (χ1n) is 7.38. The van der Waals surface area contributed by atoms with Crippen LogP contribution in [0.5, 0.6) is 0 Å². The summed E-state index contributed by atoms with van der Waals surface area (Å²) >= 11 is 0. The van der Waals surface area contributed by atoms with Crippen LogP contribution in [-0.4, -0.2) is 77.1 Å². The lowest BCUT2D eigenvalue weighted by Crippen LogP contribution is -2.57. The molecule has 0 spiro atoms. The first-order chi connectivity index (χ1) is 9.40. The molecule has 1 aliphatic rings. The van der Waals surface area contributed by atoms with E-state index in [0.29, 0.717) is 19.1 Å². The zero-order valence-corrected chi connectivity index (χ0v) is 13.0. The number of hydrogen-bond acceptors (Lipinski definition) is 3. The van der Waals surface area contributed by atoms with Gasteiger partial charge in [-0.25, -0.2) is 4.79 Å². The SMILES string of the molecule is CCC1CN(C(=O)N(CC(=O)O)C(C)CC)CCN1C. The van der Waals surface area contributed by atoms with Gasteiger partial charge in [-0.15, -0.1) is 0 Å². The fourth-order valence-corrected chi connectivity index (χ4v) is 2.52. The number of carboxylic acids is 1. The smallest absolute Gasteiger partial charge is 0.323 e. The summed E-state index contributed by atoms with van der Waals surface area (Å²) in [7, 11) is 2.07. The van der Waals surface area contributed by atoms with Crippen molar-refractivity contribution in [2.24, 2.45) is 0 Å². The summed E-state index contributed by atoms with van der Waals surface area (Å²) in [6.45, 7) is 7.93. The number of aliphatic carboxylic acids is 1. The molecule has 2 amide bonds. The van der Waals surface area contributed by atoms with E-state index in [1.54, 1.807) is 4.90 Å². The second-order valence-electron chi connectivity index (χ2n) is 5.55. The molecule has 1 fully saturated rings. The molecule has 6 nitrogen and oxygen atoms in total. The number of carbonyl (C=O) groups is 2. The van der Waals surface area contributed by atoms with Gasteiger partial charge in [0.15, 0.2) is 0 Å². The number of carbonyl (C=O) groups excluding carboxylic acids is 1. The van der Waals surface area contributed by atoms with E-state index in [0.717, 1.165) is 19.4 Å². The molecule has 1 N–H and O–H groups in total. The van der Waals surface area contributed by atoms with Crippen LogP contribution in [0.25, 0.3) is 0 Å². The summed E-state index contributed by atoms with van der Waals surface area (Å²) in [6.07, 6.45) is 1.74. The lowest BCUT2D eigenvalue weighted by Gasteiger charge is -2.41. The summed E-state index contributed by atoms with van der Waals surface area (Å²) in [6, 6.07) is 0.156. The van der Waals surface area contributed by atoms with E-state index in [4.69, 9.17) is 5.11 Å². The molecule has 6 heteroatoms. The summed E-state index contributed by atoms with van der Waals surface area (Å²) < 4.78 is 0. The van der Waals surface area contributed by atoms with E-state index in [1.807, 2.05) is 13.8 Å². The topological polar surface area (TPSA) is 64.1 Å². The van der Waals surface area contributed by atoms with E-state index in [1.165, 1.54) is 4.90 Å². The maximum Gasteiger partial charge on any atom is 0.323 e. The van der Waals surface area contributed by atoms with E-state index in [9.17, 15) is 9.59 Å².